The third kappa shape index (κ3) is 1.82. The summed E-state index contributed by atoms with van der Waals surface area (Å²) in [6.07, 6.45) is 3.21. The first-order valence-electron chi connectivity index (χ1n) is 7.09. The zero-order valence-corrected chi connectivity index (χ0v) is 15.0. The number of benzene rings is 2. The summed E-state index contributed by atoms with van der Waals surface area (Å²) in [6.45, 7) is 5.94. The van der Waals surface area contributed by atoms with Crippen molar-refractivity contribution in [2.75, 3.05) is 0 Å². The number of para-hydroxylation sites is 1. The summed E-state index contributed by atoms with van der Waals surface area (Å²) >= 11 is 0. The van der Waals surface area contributed by atoms with Gasteiger partial charge in [-0.3, -0.25) is 4.57 Å². The number of hydrogen-bond donors (Lipinski definition) is 0. The molecule has 0 fully saturated rings. The molecule has 0 N–H and O–H groups in total. The van der Waals surface area contributed by atoms with E-state index in [4.69, 9.17) is 0 Å². The van der Waals surface area contributed by atoms with Gasteiger partial charge >= 0.3 is 0 Å². The Bertz CT molecular complexity index is 894. The van der Waals surface area contributed by atoms with Crippen LogP contribution in [-0.2, 0) is 25.5 Å². The molecular formula is C19H15FIrN-. The van der Waals surface area contributed by atoms with Gasteiger partial charge in [0.1, 0.15) is 5.52 Å². The third-order valence-electron chi connectivity index (χ3n) is 4.51. The van der Waals surface area contributed by atoms with Crippen LogP contribution in [0.2, 0.25) is 0 Å². The summed E-state index contributed by atoms with van der Waals surface area (Å²) in [5.74, 6) is -0.138. The molecule has 113 valence electrons. The second-order valence-electron chi connectivity index (χ2n) is 6.18. The molecule has 0 saturated carbocycles. The van der Waals surface area contributed by atoms with Gasteiger partial charge in [0.15, 0.2) is 6.20 Å². The summed E-state index contributed by atoms with van der Waals surface area (Å²) < 4.78 is 16.7. The monoisotopic (exact) mass is 469 g/mol. The van der Waals surface area contributed by atoms with E-state index in [-0.39, 0.29) is 25.9 Å². The van der Waals surface area contributed by atoms with Crippen molar-refractivity contribution < 1.29 is 29.1 Å². The molecular weight excluding hydrogens is 453 g/mol. The average molecular weight is 469 g/mol. The molecule has 0 amide bonds. The molecule has 2 aromatic carbocycles. The van der Waals surface area contributed by atoms with Crippen LogP contribution in [0, 0.1) is 25.0 Å². The Hall–Kier alpha value is -1.57. The fourth-order valence-electron chi connectivity index (χ4n) is 3.39. The maximum absolute atomic E-state index is 14.8. The molecule has 1 aromatic heterocycles. The maximum Gasteiger partial charge on any atom is 0.150 e. The van der Waals surface area contributed by atoms with Crippen molar-refractivity contribution in [2.45, 2.75) is 26.2 Å². The van der Waals surface area contributed by atoms with Crippen LogP contribution in [0.25, 0.3) is 16.6 Å². The van der Waals surface area contributed by atoms with Crippen LogP contribution in [0.15, 0.2) is 36.4 Å². The van der Waals surface area contributed by atoms with Gasteiger partial charge in [-0.15, -0.1) is 11.6 Å². The molecule has 0 bridgehead atoms. The molecule has 0 aliphatic carbocycles. The van der Waals surface area contributed by atoms with Crippen LogP contribution in [0.5, 0.6) is 0 Å². The zero-order chi connectivity index (χ0) is 14.8. The number of halogens is 1. The van der Waals surface area contributed by atoms with Crippen molar-refractivity contribution in [1.82, 2.24) is 0 Å². The van der Waals surface area contributed by atoms with E-state index >= 15 is 0 Å². The Morgan fingerprint density at radius 3 is 2.73 bits per heavy atom. The van der Waals surface area contributed by atoms with Crippen LogP contribution in [0.3, 0.4) is 0 Å². The molecule has 0 saturated heterocycles. The van der Waals surface area contributed by atoms with Crippen molar-refractivity contribution in [2.24, 2.45) is 0 Å². The molecule has 3 aromatic rings. The molecule has 0 unspecified atom stereocenters. The van der Waals surface area contributed by atoms with Gasteiger partial charge in [0.25, 0.3) is 0 Å². The van der Waals surface area contributed by atoms with Crippen molar-refractivity contribution in [3.05, 3.63) is 71.2 Å². The van der Waals surface area contributed by atoms with Crippen molar-refractivity contribution >= 4 is 10.9 Å². The minimum atomic E-state index is -0.392. The summed E-state index contributed by atoms with van der Waals surface area (Å²) in [5.41, 5.74) is 3.94. The van der Waals surface area contributed by atoms with Gasteiger partial charge in [-0.2, -0.15) is 12.1 Å². The molecule has 1 nitrogen and oxygen atoms in total. The Morgan fingerprint density at radius 1 is 1.18 bits per heavy atom. The summed E-state index contributed by atoms with van der Waals surface area (Å²) in [6, 6.07) is 15.1. The summed E-state index contributed by atoms with van der Waals surface area (Å²) in [7, 11) is 0. The fourth-order valence-corrected chi connectivity index (χ4v) is 3.39. The first-order chi connectivity index (χ1) is 10.0. The second-order valence-corrected chi connectivity index (χ2v) is 6.18. The number of fused-ring (bicyclic) bond motifs is 2. The molecule has 4 rings (SSSR count). The summed E-state index contributed by atoms with van der Waals surface area (Å²) in [5, 5.41) is 1.14. The van der Waals surface area contributed by atoms with Crippen LogP contribution in [-0.4, -0.2) is 0 Å². The SMILES string of the molecule is Cc1c[c-]c2c(c1F)C(C)(C)c1cccc3cc[c-][n+]-2c13.[Ir]. The Labute approximate surface area is 143 Å². The van der Waals surface area contributed by atoms with Gasteiger partial charge in [-0.05, 0) is 16.4 Å². The zero-order valence-electron chi connectivity index (χ0n) is 12.6. The summed E-state index contributed by atoms with van der Waals surface area (Å²) in [4.78, 5) is 0. The van der Waals surface area contributed by atoms with E-state index in [1.54, 1.807) is 13.0 Å². The van der Waals surface area contributed by atoms with Crippen LogP contribution in [0.1, 0.15) is 30.5 Å². The van der Waals surface area contributed by atoms with Gasteiger partial charge < -0.3 is 0 Å². The first kappa shape index (κ1) is 15.3. The molecule has 0 spiro atoms. The molecule has 0 atom stereocenters. The van der Waals surface area contributed by atoms with E-state index in [9.17, 15) is 4.39 Å². The Balaban J connectivity index is 0.00000144. The number of pyridine rings is 1. The van der Waals surface area contributed by atoms with Crippen LogP contribution >= 0.6 is 0 Å². The minimum Gasteiger partial charge on any atom is -0.300 e. The van der Waals surface area contributed by atoms with E-state index in [2.05, 4.69) is 38.2 Å². The second kappa shape index (κ2) is 4.97. The Morgan fingerprint density at radius 2 is 1.95 bits per heavy atom. The minimum absolute atomic E-state index is 0. The number of nitrogens with zero attached hydrogens (tertiary/aromatic N) is 1. The largest absolute Gasteiger partial charge is 0.300 e. The van der Waals surface area contributed by atoms with Gasteiger partial charge in [-0.25, -0.2) is 4.39 Å². The van der Waals surface area contributed by atoms with Crippen molar-refractivity contribution in [3.8, 4) is 5.69 Å². The third-order valence-corrected chi connectivity index (χ3v) is 4.51. The molecule has 1 aliphatic heterocycles. The quantitative estimate of drug-likeness (QED) is 0.349. The van der Waals surface area contributed by atoms with Crippen LogP contribution < -0.4 is 4.57 Å². The first-order valence-corrected chi connectivity index (χ1v) is 7.09. The molecule has 22 heavy (non-hydrogen) atoms. The molecule has 1 radical (unpaired) electrons. The van der Waals surface area contributed by atoms with E-state index in [1.165, 1.54) is 0 Å². The topological polar surface area (TPSA) is 3.88 Å². The van der Waals surface area contributed by atoms with E-state index < -0.39 is 5.41 Å². The van der Waals surface area contributed by atoms with Gasteiger partial charge in [0.05, 0.1) is 0 Å². The van der Waals surface area contributed by atoms with E-state index in [1.807, 2.05) is 22.8 Å². The number of aromatic nitrogens is 1. The number of rotatable bonds is 0. The van der Waals surface area contributed by atoms with Crippen molar-refractivity contribution in [3.63, 3.8) is 0 Å². The predicted molar refractivity (Wildman–Crippen MR) is 80.0 cm³/mol. The van der Waals surface area contributed by atoms with E-state index in [0.29, 0.717) is 11.1 Å². The maximum atomic E-state index is 14.8. The average Bonchev–Trinajstić information content (AvgIpc) is 2.47. The van der Waals surface area contributed by atoms with Crippen LogP contribution in [0.4, 0.5) is 4.39 Å². The standard InChI is InChI=1S/C19H15FN.Ir/c1-12-9-10-15-16(17(12)20)19(2,3)14-8-4-6-13-7-5-11-21(15)18(13)14;/h4-9H,1-3H3;/q-1;. The van der Waals surface area contributed by atoms with E-state index in [0.717, 1.165) is 22.2 Å². The molecule has 3 heteroatoms. The number of hydrogen-bond acceptors (Lipinski definition) is 0. The molecule has 1 aliphatic rings. The smallest absolute Gasteiger partial charge is 0.150 e. The van der Waals surface area contributed by atoms with Gasteiger partial charge in [0, 0.05) is 31.6 Å². The van der Waals surface area contributed by atoms with Crippen molar-refractivity contribution in [1.29, 1.82) is 0 Å². The Kier molecular flexibility index (Phi) is 3.46. The van der Waals surface area contributed by atoms with Gasteiger partial charge in [0.2, 0.25) is 0 Å². The normalized spacial score (nSPS) is 14.4. The van der Waals surface area contributed by atoms with Gasteiger partial charge in [-0.1, -0.05) is 50.6 Å². The molecule has 2 heterocycles. The predicted octanol–water partition coefficient (Wildman–Crippen LogP) is 3.80. The number of aryl methyl sites for hydroxylation is 1. The fraction of sp³-hybridized carbons (Fsp3) is 0.211.